The predicted octanol–water partition coefficient (Wildman–Crippen LogP) is 2.28. The second-order valence-electron chi connectivity index (χ2n) is 7.41. The maximum atomic E-state index is 12.6. The average Bonchev–Trinajstić information content (AvgIpc) is 3.13. The molecule has 152 valence electrons. The number of carbonyl (C=O) groups excluding carboxylic acids is 1. The molecule has 0 atom stereocenters. The van der Waals surface area contributed by atoms with Crippen LogP contribution >= 0.6 is 0 Å². The fraction of sp³-hybridized carbons (Fsp3) is 0.571. The van der Waals surface area contributed by atoms with Gasteiger partial charge in [-0.25, -0.2) is 4.68 Å². The Hall–Kier alpha value is -2.25. The van der Waals surface area contributed by atoms with Crippen LogP contribution in [0.2, 0.25) is 0 Å². The van der Waals surface area contributed by atoms with E-state index in [-0.39, 0.29) is 5.91 Å². The molecular formula is C21H32N6O. The van der Waals surface area contributed by atoms with Crippen molar-refractivity contribution in [2.75, 3.05) is 26.2 Å². The minimum atomic E-state index is -0.162. The van der Waals surface area contributed by atoms with Crippen LogP contribution in [0, 0.1) is 6.92 Å². The third-order valence-corrected chi connectivity index (χ3v) is 5.57. The first kappa shape index (κ1) is 20.5. The van der Waals surface area contributed by atoms with Crippen molar-refractivity contribution in [3.8, 4) is 0 Å². The fourth-order valence-corrected chi connectivity index (χ4v) is 3.68. The number of piperidine rings is 1. The highest BCUT2D eigenvalue weighted by atomic mass is 16.2. The number of benzene rings is 1. The van der Waals surface area contributed by atoms with Gasteiger partial charge < -0.3 is 10.6 Å². The van der Waals surface area contributed by atoms with Crippen LogP contribution in [0.1, 0.15) is 60.0 Å². The Bertz CT molecular complexity index is 760. The van der Waals surface area contributed by atoms with Gasteiger partial charge in [-0.15, -0.1) is 5.10 Å². The third-order valence-electron chi connectivity index (χ3n) is 5.57. The Morgan fingerprint density at radius 2 is 1.82 bits per heavy atom. The first-order chi connectivity index (χ1) is 13.6. The molecule has 1 aromatic carbocycles. The van der Waals surface area contributed by atoms with Crippen molar-refractivity contribution in [3.05, 3.63) is 46.8 Å². The maximum absolute atomic E-state index is 12.6. The third kappa shape index (κ3) is 4.97. The van der Waals surface area contributed by atoms with E-state index in [4.69, 9.17) is 0 Å². The normalized spacial score (nSPS) is 15.1. The average molecular weight is 385 g/mol. The van der Waals surface area contributed by atoms with Crippen molar-refractivity contribution < 1.29 is 4.79 Å². The van der Waals surface area contributed by atoms with Gasteiger partial charge in [0.05, 0.1) is 11.7 Å². The smallest absolute Gasteiger partial charge is 0.274 e. The molecule has 1 amide bonds. The number of amides is 1. The maximum Gasteiger partial charge on any atom is 0.274 e. The molecule has 1 aliphatic heterocycles. The molecule has 0 saturated carbocycles. The molecule has 2 N–H and O–H groups in total. The van der Waals surface area contributed by atoms with E-state index in [1.54, 1.807) is 0 Å². The highest BCUT2D eigenvalue weighted by molar-refractivity contribution is 5.93. The minimum absolute atomic E-state index is 0.162. The van der Waals surface area contributed by atoms with Crippen LogP contribution in [-0.4, -0.2) is 52.0 Å². The summed E-state index contributed by atoms with van der Waals surface area (Å²) in [5, 5.41) is 14.7. The second-order valence-corrected chi connectivity index (χ2v) is 7.41. The molecule has 0 aliphatic carbocycles. The Morgan fingerprint density at radius 1 is 1.18 bits per heavy atom. The lowest BCUT2D eigenvalue weighted by Gasteiger charge is -2.23. The van der Waals surface area contributed by atoms with Gasteiger partial charge in [-0.05, 0) is 57.1 Å². The van der Waals surface area contributed by atoms with E-state index in [0.717, 1.165) is 56.8 Å². The molecule has 2 aromatic rings. The Morgan fingerprint density at radius 3 is 2.46 bits per heavy atom. The molecule has 0 radical (unpaired) electrons. The van der Waals surface area contributed by atoms with Crippen LogP contribution in [0.15, 0.2) is 24.3 Å². The summed E-state index contributed by atoms with van der Waals surface area (Å²) in [6.07, 6.45) is 2.04. The summed E-state index contributed by atoms with van der Waals surface area (Å²) in [4.78, 5) is 15.0. The van der Waals surface area contributed by atoms with Crippen LogP contribution in [0.5, 0.6) is 0 Å². The van der Waals surface area contributed by atoms with E-state index in [9.17, 15) is 4.79 Å². The predicted molar refractivity (Wildman–Crippen MR) is 110 cm³/mol. The number of nitrogens with one attached hydrogen (secondary N) is 2. The fourth-order valence-electron chi connectivity index (χ4n) is 3.68. The summed E-state index contributed by atoms with van der Waals surface area (Å²) in [6.45, 7) is 11.8. The molecule has 0 bridgehead atoms. The monoisotopic (exact) mass is 384 g/mol. The Balaban J connectivity index is 1.56. The molecule has 0 unspecified atom stereocenters. The Kier molecular flexibility index (Phi) is 7.17. The van der Waals surface area contributed by atoms with Crippen molar-refractivity contribution in [3.63, 3.8) is 0 Å². The van der Waals surface area contributed by atoms with E-state index < -0.39 is 0 Å². The van der Waals surface area contributed by atoms with Crippen molar-refractivity contribution in [2.24, 2.45) is 0 Å². The van der Waals surface area contributed by atoms with Gasteiger partial charge in [0, 0.05) is 13.1 Å². The van der Waals surface area contributed by atoms with Gasteiger partial charge in [0.2, 0.25) is 0 Å². The van der Waals surface area contributed by atoms with Gasteiger partial charge in [-0.1, -0.05) is 43.3 Å². The van der Waals surface area contributed by atoms with E-state index in [0.29, 0.717) is 18.3 Å². The van der Waals surface area contributed by atoms with Gasteiger partial charge in [0.25, 0.3) is 5.91 Å². The highest BCUT2D eigenvalue weighted by Gasteiger charge is 2.22. The van der Waals surface area contributed by atoms with Crippen molar-refractivity contribution in [1.29, 1.82) is 0 Å². The van der Waals surface area contributed by atoms with Gasteiger partial charge in [0.15, 0.2) is 5.69 Å². The molecule has 0 spiro atoms. The molecule has 28 heavy (non-hydrogen) atoms. The Labute approximate surface area is 167 Å². The molecule has 2 heterocycles. The molecule has 7 heteroatoms. The summed E-state index contributed by atoms with van der Waals surface area (Å²) in [5.74, 6) is -0.162. The van der Waals surface area contributed by atoms with E-state index in [1.165, 1.54) is 5.56 Å². The number of hydrogen-bond acceptors (Lipinski definition) is 5. The molecule has 1 fully saturated rings. The minimum Gasteiger partial charge on any atom is -0.347 e. The first-order valence-electron chi connectivity index (χ1n) is 10.3. The number of carbonyl (C=O) groups is 1. The SMILES string of the molecule is CCN(CC)Cc1ccc(CNC(=O)c2nnn(C3CCNCC3)c2C)cc1. The molecule has 1 saturated heterocycles. The zero-order valence-corrected chi connectivity index (χ0v) is 17.2. The summed E-state index contributed by atoms with van der Waals surface area (Å²) >= 11 is 0. The largest absolute Gasteiger partial charge is 0.347 e. The number of nitrogens with zero attached hydrogens (tertiary/aromatic N) is 4. The topological polar surface area (TPSA) is 75.1 Å². The lowest BCUT2D eigenvalue weighted by Crippen LogP contribution is -2.30. The quantitative estimate of drug-likeness (QED) is 0.730. The van der Waals surface area contributed by atoms with Crippen molar-refractivity contribution in [2.45, 2.75) is 52.7 Å². The lowest BCUT2D eigenvalue weighted by molar-refractivity contribution is 0.0945. The number of aromatic nitrogens is 3. The van der Waals surface area contributed by atoms with Crippen LogP contribution in [-0.2, 0) is 13.1 Å². The summed E-state index contributed by atoms with van der Waals surface area (Å²) in [5.41, 5.74) is 3.65. The van der Waals surface area contributed by atoms with Crippen molar-refractivity contribution in [1.82, 2.24) is 30.5 Å². The van der Waals surface area contributed by atoms with E-state index in [2.05, 4.69) is 64.0 Å². The van der Waals surface area contributed by atoms with Crippen LogP contribution < -0.4 is 10.6 Å². The standard InChI is InChI=1S/C21H32N6O/c1-4-26(5-2)15-18-8-6-17(7-9-18)14-23-21(28)20-16(3)27(25-24-20)19-10-12-22-13-11-19/h6-9,19,22H,4-5,10-15H2,1-3H3,(H,23,28). The highest BCUT2D eigenvalue weighted by Crippen LogP contribution is 2.20. The van der Waals surface area contributed by atoms with Crippen LogP contribution in [0.3, 0.4) is 0 Å². The van der Waals surface area contributed by atoms with E-state index >= 15 is 0 Å². The van der Waals surface area contributed by atoms with Crippen LogP contribution in [0.4, 0.5) is 0 Å². The summed E-state index contributed by atoms with van der Waals surface area (Å²) in [7, 11) is 0. The zero-order valence-electron chi connectivity index (χ0n) is 17.2. The molecule has 1 aromatic heterocycles. The van der Waals surface area contributed by atoms with E-state index in [1.807, 2.05) is 11.6 Å². The van der Waals surface area contributed by atoms with Crippen molar-refractivity contribution >= 4 is 5.91 Å². The lowest BCUT2D eigenvalue weighted by atomic mass is 10.1. The molecule has 1 aliphatic rings. The molecule has 3 rings (SSSR count). The molecular weight excluding hydrogens is 352 g/mol. The van der Waals surface area contributed by atoms with Gasteiger partial charge in [0.1, 0.15) is 0 Å². The molecule has 7 nitrogen and oxygen atoms in total. The van der Waals surface area contributed by atoms with Crippen LogP contribution in [0.25, 0.3) is 0 Å². The van der Waals surface area contributed by atoms with Gasteiger partial charge in [-0.2, -0.15) is 0 Å². The number of rotatable bonds is 8. The summed E-state index contributed by atoms with van der Waals surface area (Å²) < 4.78 is 1.91. The second kappa shape index (κ2) is 9.80. The summed E-state index contributed by atoms with van der Waals surface area (Å²) in [6, 6.07) is 8.76. The van der Waals surface area contributed by atoms with Gasteiger partial charge >= 0.3 is 0 Å². The zero-order chi connectivity index (χ0) is 19.9. The number of hydrogen-bond donors (Lipinski definition) is 2. The first-order valence-corrected chi connectivity index (χ1v) is 10.3. The van der Waals surface area contributed by atoms with Gasteiger partial charge in [-0.3, -0.25) is 9.69 Å².